The van der Waals surface area contributed by atoms with E-state index in [4.69, 9.17) is 9.47 Å². The van der Waals surface area contributed by atoms with E-state index in [9.17, 15) is 4.79 Å². The number of piperazine rings is 1. The van der Waals surface area contributed by atoms with Gasteiger partial charge in [0.25, 0.3) is 0 Å². The van der Waals surface area contributed by atoms with Gasteiger partial charge in [0, 0.05) is 63.5 Å². The summed E-state index contributed by atoms with van der Waals surface area (Å²) in [7, 11) is 3.29. The zero-order chi connectivity index (χ0) is 25.8. The fourth-order valence-corrected chi connectivity index (χ4v) is 5.08. The summed E-state index contributed by atoms with van der Waals surface area (Å²) in [6.07, 6.45) is 4.26. The highest BCUT2D eigenvalue weighted by molar-refractivity contribution is 5.78. The molecule has 192 valence electrons. The van der Waals surface area contributed by atoms with Gasteiger partial charge in [0.05, 0.1) is 19.9 Å². The molecule has 4 aromatic rings. The SMILES string of the molecule is COc1cc(OC)cc(C(CC(=O)N2CCN(Cc3ccccc3)CC2)c2cnc3cc(C)ccn23)c1. The van der Waals surface area contributed by atoms with Crippen molar-refractivity contribution in [3.05, 3.63) is 95.4 Å². The number of carbonyl (C=O) groups is 1. The number of ether oxygens (including phenoxy) is 2. The van der Waals surface area contributed by atoms with Crippen molar-refractivity contribution in [1.29, 1.82) is 0 Å². The minimum Gasteiger partial charge on any atom is -0.497 e. The molecule has 1 aliphatic heterocycles. The van der Waals surface area contributed by atoms with Crippen molar-refractivity contribution >= 4 is 11.6 Å². The van der Waals surface area contributed by atoms with Gasteiger partial charge < -0.3 is 18.8 Å². The third-order valence-electron chi connectivity index (χ3n) is 7.18. The Morgan fingerprint density at radius 2 is 1.65 bits per heavy atom. The lowest BCUT2D eigenvalue weighted by Crippen LogP contribution is -2.48. The smallest absolute Gasteiger partial charge is 0.223 e. The summed E-state index contributed by atoms with van der Waals surface area (Å²) in [6.45, 7) is 6.16. The van der Waals surface area contributed by atoms with Crippen LogP contribution in [0.2, 0.25) is 0 Å². The second kappa shape index (κ2) is 11.0. The van der Waals surface area contributed by atoms with Gasteiger partial charge in [0.1, 0.15) is 17.1 Å². The zero-order valence-corrected chi connectivity index (χ0v) is 21.8. The predicted octanol–water partition coefficient (Wildman–Crippen LogP) is 4.53. The van der Waals surface area contributed by atoms with Crippen LogP contribution in [0.25, 0.3) is 5.65 Å². The molecule has 1 saturated heterocycles. The first-order valence-corrected chi connectivity index (χ1v) is 12.7. The van der Waals surface area contributed by atoms with Crippen LogP contribution in [-0.2, 0) is 11.3 Å². The average molecular weight is 499 g/mol. The number of nitrogens with zero attached hydrogens (tertiary/aromatic N) is 4. The van der Waals surface area contributed by atoms with Gasteiger partial charge in [0.2, 0.25) is 5.91 Å². The number of methoxy groups -OCH3 is 2. The molecule has 0 bridgehead atoms. The number of aromatic nitrogens is 2. The molecule has 2 aromatic heterocycles. The molecule has 0 N–H and O–H groups in total. The molecule has 1 amide bonds. The molecule has 1 unspecified atom stereocenters. The van der Waals surface area contributed by atoms with Crippen LogP contribution in [-0.4, -0.2) is 65.5 Å². The largest absolute Gasteiger partial charge is 0.497 e. The number of amides is 1. The number of hydrogen-bond donors (Lipinski definition) is 0. The molecular formula is C30H34N4O3. The summed E-state index contributed by atoms with van der Waals surface area (Å²) in [5.41, 5.74) is 5.26. The van der Waals surface area contributed by atoms with Crippen LogP contribution >= 0.6 is 0 Å². The number of pyridine rings is 1. The van der Waals surface area contributed by atoms with Crippen LogP contribution in [0.15, 0.2) is 73.1 Å². The second-order valence-corrected chi connectivity index (χ2v) is 9.66. The van der Waals surface area contributed by atoms with Crippen LogP contribution in [0.1, 0.15) is 34.7 Å². The monoisotopic (exact) mass is 498 g/mol. The number of carbonyl (C=O) groups excluding carboxylic acids is 1. The summed E-state index contributed by atoms with van der Waals surface area (Å²) in [4.78, 5) is 22.7. The average Bonchev–Trinajstić information content (AvgIpc) is 3.34. The molecule has 37 heavy (non-hydrogen) atoms. The lowest BCUT2D eigenvalue weighted by molar-refractivity contribution is -0.133. The van der Waals surface area contributed by atoms with E-state index in [0.717, 1.165) is 55.2 Å². The number of rotatable bonds is 8. The van der Waals surface area contributed by atoms with Crippen molar-refractivity contribution in [2.24, 2.45) is 0 Å². The topological polar surface area (TPSA) is 59.3 Å². The Kier molecular flexibility index (Phi) is 7.42. The number of hydrogen-bond acceptors (Lipinski definition) is 5. The molecule has 0 saturated carbocycles. The van der Waals surface area contributed by atoms with Crippen molar-refractivity contribution in [2.45, 2.75) is 25.8 Å². The van der Waals surface area contributed by atoms with E-state index in [1.165, 1.54) is 5.56 Å². The van der Waals surface area contributed by atoms with Gasteiger partial charge in [-0.1, -0.05) is 30.3 Å². The number of fused-ring (bicyclic) bond motifs is 1. The Hall–Kier alpha value is -3.84. The third-order valence-corrected chi connectivity index (χ3v) is 7.18. The number of imidazole rings is 1. The predicted molar refractivity (Wildman–Crippen MR) is 144 cm³/mol. The first-order chi connectivity index (χ1) is 18.0. The van der Waals surface area contributed by atoms with E-state index in [2.05, 4.69) is 57.6 Å². The van der Waals surface area contributed by atoms with E-state index < -0.39 is 0 Å². The molecule has 7 heteroatoms. The zero-order valence-electron chi connectivity index (χ0n) is 21.8. The maximum atomic E-state index is 13.7. The summed E-state index contributed by atoms with van der Waals surface area (Å²) < 4.78 is 13.2. The van der Waals surface area contributed by atoms with Gasteiger partial charge in [-0.15, -0.1) is 0 Å². The highest BCUT2D eigenvalue weighted by atomic mass is 16.5. The van der Waals surface area contributed by atoms with E-state index >= 15 is 0 Å². The maximum absolute atomic E-state index is 13.7. The Morgan fingerprint density at radius 3 is 2.32 bits per heavy atom. The molecule has 2 aromatic carbocycles. The molecule has 1 fully saturated rings. The first kappa shape index (κ1) is 24.8. The first-order valence-electron chi connectivity index (χ1n) is 12.7. The van der Waals surface area contributed by atoms with Crippen LogP contribution in [0.3, 0.4) is 0 Å². The van der Waals surface area contributed by atoms with Gasteiger partial charge in [-0.25, -0.2) is 4.98 Å². The molecule has 0 radical (unpaired) electrons. The second-order valence-electron chi connectivity index (χ2n) is 9.66. The van der Waals surface area contributed by atoms with Crippen molar-refractivity contribution in [3.63, 3.8) is 0 Å². The Morgan fingerprint density at radius 1 is 0.946 bits per heavy atom. The van der Waals surface area contributed by atoms with Crippen molar-refractivity contribution in [3.8, 4) is 11.5 Å². The molecule has 5 rings (SSSR count). The van der Waals surface area contributed by atoms with E-state index in [-0.39, 0.29) is 11.8 Å². The molecule has 0 aliphatic carbocycles. The van der Waals surface area contributed by atoms with Crippen molar-refractivity contribution < 1.29 is 14.3 Å². The quantitative estimate of drug-likeness (QED) is 0.357. The lowest BCUT2D eigenvalue weighted by Gasteiger charge is -2.35. The highest BCUT2D eigenvalue weighted by Gasteiger charge is 2.28. The van der Waals surface area contributed by atoms with E-state index in [0.29, 0.717) is 17.9 Å². The minimum absolute atomic E-state index is 0.146. The fourth-order valence-electron chi connectivity index (χ4n) is 5.08. The lowest BCUT2D eigenvalue weighted by atomic mass is 9.91. The van der Waals surface area contributed by atoms with Crippen LogP contribution < -0.4 is 9.47 Å². The van der Waals surface area contributed by atoms with Gasteiger partial charge in [0.15, 0.2) is 0 Å². The molecule has 1 aliphatic rings. The fraction of sp³-hybridized carbons (Fsp3) is 0.333. The molecule has 1 atom stereocenters. The summed E-state index contributed by atoms with van der Waals surface area (Å²) in [5.74, 6) is 1.35. The Bertz CT molecular complexity index is 1340. The minimum atomic E-state index is -0.198. The van der Waals surface area contributed by atoms with Crippen LogP contribution in [0, 0.1) is 6.92 Å². The molecule has 0 spiro atoms. The molecule has 7 nitrogen and oxygen atoms in total. The van der Waals surface area contributed by atoms with E-state index in [1.807, 2.05) is 41.6 Å². The van der Waals surface area contributed by atoms with Crippen LogP contribution in [0.4, 0.5) is 0 Å². The van der Waals surface area contributed by atoms with Crippen molar-refractivity contribution in [1.82, 2.24) is 19.2 Å². The summed E-state index contributed by atoms with van der Waals surface area (Å²) in [5, 5.41) is 0. The Balaban J connectivity index is 1.38. The van der Waals surface area contributed by atoms with Crippen molar-refractivity contribution in [2.75, 3.05) is 40.4 Å². The van der Waals surface area contributed by atoms with Gasteiger partial charge in [-0.2, -0.15) is 0 Å². The van der Waals surface area contributed by atoms with Gasteiger partial charge in [-0.05, 0) is 47.9 Å². The summed E-state index contributed by atoms with van der Waals surface area (Å²) in [6, 6.07) is 20.5. The summed E-state index contributed by atoms with van der Waals surface area (Å²) >= 11 is 0. The normalized spacial score (nSPS) is 15.1. The molecule has 3 heterocycles. The third kappa shape index (κ3) is 5.62. The molecular weight excluding hydrogens is 464 g/mol. The van der Waals surface area contributed by atoms with Crippen LogP contribution in [0.5, 0.6) is 11.5 Å². The standard InChI is InChI=1S/C30H34N4O3/c1-22-9-10-34-28(20-31-29(34)15-22)27(24-16-25(36-2)18-26(17-24)37-3)19-30(35)33-13-11-32(12-14-33)21-23-7-5-4-6-8-23/h4-10,15-18,20,27H,11-14,19,21H2,1-3H3. The Labute approximate surface area is 218 Å². The van der Waals surface area contributed by atoms with Gasteiger partial charge >= 0.3 is 0 Å². The maximum Gasteiger partial charge on any atom is 0.223 e. The number of aryl methyl sites for hydroxylation is 1. The highest BCUT2D eigenvalue weighted by Crippen LogP contribution is 2.34. The van der Waals surface area contributed by atoms with E-state index in [1.54, 1.807) is 14.2 Å². The van der Waals surface area contributed by atoms with Gasteiger partial charge in [-0.3, -0.25) is 9.69 Å². The number of benzene rings is 2.